The first-order valence-electron chi connectivity index (χ1n) is 3.79. The Kier molecular flexibility index (Phi) is 3.02. The third-order valence-electron chi connectivity index (χ3n) is 1.33. The van der Waals surface area contributed by atoms with Crippen LogP contribution in [0.5, 0.6) is 0 Å². The Morgan fingerprint density at radius 2 is 2.38 bits per heavy atom. The number of primary amides is 1. The van der Waals surface area contributed by atoms with E-state index in [1.165, 1.54) is 6.20 Å². The fourth-order valence-corrected chi connectivity index (χ4v) is 0.755. The minimum absolute atomic E-state index is 0.248. The van der Waals surface area contributed by atoms with Crippen molar-refractivity contribution in [2.75, 3.05) is 17.6 Å². The van der Waals surface area contributed by atoms with E-state index in [2.05, 4.69) is 15.3 Å². The van der Waals surface area contributed by atoms with Crippen LogP contribution >= 0.6 is 0 Å². The Morgan fingerprint density at radius 3 is 3.00 bits per heavy atom. The number of hydrogen-bond donors (Lipinski definition) is 3. The second kappa shape index (κ2) is 4.24. The predicted octanol–water partition coefficient (Wildman–Crippen LogP) is -0.654. The van der Waals surface area contributed by atoms with E-state index in [-0.39, 0.29) is 12.3 Å². The van der Waals surface area contributed by atoms with E-state index >= 15 is 0 Å². The summed E-state index contributed by atoms with van der Waals surface area (Å²) < 4.78 is 0. The van der Waals surface area contributed by atoms with Crippen molar-refractivity contribution in [1.29, 1.82) is 0 Å². The van der Waals surface area contributed by atoms with Gasteiger partial charge in [0.25, 0.3) is 0 Å². The molecule has 6 heteroatoms. The molecule has 13 heavy (non-hydrogen) atoms. The van der Waals surface area contributed by atoms with Crippen LogP contribution in [0.3, 0.4) is 0 Å². The molecule has 0 bridgehead atoms. The van der Waals surface area contributed by atoms with Crippen LogP contribution in [0.15, 0.2) is 12.3 Å². The number of aromatic nitrogens is 2. The molecule has 70 valence electrons. The average molecular weight is 181 g/mol. The zero-order valence-electron chi connectivity index (χ0n) is 7.03. The van der Waals surface area contributed by atoms with Crippen molar-refractivity contribution in [3.63, 3.8) is 0 Å². The maximum atomic E-state index is 10.4. The summed E-state index contributed by atoms with van der Waals surface area (Å²) in [6, 6.07) is 1.58. The lowest BCUT2D eigenvalue weighted by Crippen LogP contribution is -2.16. The molecule has 6 nitrogen and oxygen atoms in total. The first-order valence-corrected chi connectivity index (χ1v) is 3.79. The lowest BCUT2D eigenvalue weighted by atomic mass is 10.4. The first kappa shape index (κ1) is 9.24. The fraction of sp³-hybridized carbons (Fsp3) is 0.286. The Morgan fingerprint density at radius 1 is 1.62 bits per heavy atom. The molecular weight excluding hydrogens is 170 g/mol. The summed E-state index contributed by atoms with van der Waals surface area (Å²) in [4.78, 5) is 18.1. The molecule has 0 atom stereocenters. The molecule has 1 aromatic heterocycles. The van der Waals surface area contributed by atoms with Crippen molar-refractivity contribution in [2.24, 2.45) is 5.73 Å². The summed E-state index contributed by atoms with van der Waals surface area (Å²) in [5.41, 5.74) is 10.3. The van der Waals surface area contributed by atoms with Crippen molar-refractivity contribution in [2.45, 2.75) is 6.42 Å². The van der Waals surface area contributed by atoms with Crippen LogP contribution in [-0.4, -0.2) is 22.4 Å². The standard InChI is InChI=1S/C7H11N5O/c8-5-1-3-10-7(12-5)11-4-2-6(9)13/h1,3H,2,4H2,(H2,9,13)(H3,8,10,11,12). The highest BCUT2D eigenvalue weighted by Crippen LogP contribution is 2.00. The van der Waals surface area contributed by atoms with E-state index in [1.54, 1.807) is 6.07 Å². The monoisotopic (exact) mass is 181 g/mol. The van der Waals surface area contributed by atoms with Crippen LogP contribution in [0.4, 0.5) is 11.8 Å². The third-order valence-corrected chi connectivity index (χ3v) is 1.33. The SMILES string of the molecule is NC(=O)CCNc1nccc(N)n1. The highest BCUT2D eigenvalue weighted by atomic mass is 16.1. The normalized spacial score (nSPS) is 9.54. The van der Waals surface area contributed by atoms with Crippen LogP contribution in [0.2, 0.25) is 0 Å². The summed E-state index contributed by atoms with van der Waals surface area (Å²) in [7, 11) is 0. The lowest BCUT2D eigenvalue weighted by Gasteiger charge is -2.02. The van der Waals surface area contributed by atoms with Crippen LogP contribution in [-0.2, 0) is 4.79 Å². The molecule has 0 aliphatic heterocycles. The van der Waals surface area contributed by atoms with Crippen LogP contribution in [0.25, 0.3) is 0 Å². The molecule has 0 saturated carbocycles. The number of carbonyl (C=O) groups excluding carboxylic acids is 1. The molecule has 0 spiro atoms. The average Bonchev–Trinajstić information content (AvgIpc) is 2.03. The topological polar surface area (TPSA) is 107 Å². The number of nitrogens with one attached hydrogen (secondary N) is 1. The smallest absolute Gasteiger partial charge is 0.224 e. The number of nitrogens with two attached hydrogens (primary N) is 2. The van der Waals surface area contributed by atoms with Gasteiger partial charge in [0.15, 0.2) is 0 Å². The number of carbonyl (C=O) groups is 1. The zero-order chi connectivity index (χ0) is 9.68. The van der Waals surface area contributed by atoms with E-state index in [0.29, 0.717) is 18.3 Å². The molecule has 0 aromatic carbocycles. The second-order valence-corrected chi connectivity index (χ2v) is 2.45. The first-order chi connectivity index (χ1) is 6.18. The quantitative estimate of drug-likeness (QED) is 0.572. The summed E-state index contributed by atoms with van der Waals surface area (Å²) in [6.45, 7) is 0.415. The summed E-state index contributed by atoms with van der Waals surface area (Å²) in [6.07, 6.45) is 1.78. The molecule has 1 heterocycles. The molecule has 0 radical (unpaired) electrons. The number of rotatable bonds is 4. The lowest BCUT2D eigenvalue weighted by molar-refractivity contribution is -0.117. The maximum Gasteiger partial charge on any atom is 0.224 e. The van der Waals surface area contributed by atoms with Crippen molar-refractivity contribution in [1.82, 2.24) is 9.97 Å². The Bertz CT molecular complexity index is 301. The van der Waals surface area contributed by atoms with Crippen molar-refractivity contribution in [3.05, 3.63) is 12.3 Å². The minimum atomic E-state index is -0.364. The Labute approximate surface area is 75.4 Å². The van der Waals surface area contributed by atoms with Crippen LogP contribution < -0.4 is 16.8 Å². The van der Waals surface area contributed by atoms with Crippen molar-refractivity contribution >= 4 is 17.7 Å². The van der Waals surface area contributed by atoms with E-state index in [1.807, 2.05) is 0 Å². The Balaban J connectivity index is 2.41. The highest BCUT2D eigenvalue weighted by Gasteiger charge is 1.97. The van der Waals surface area contributed by atoms with E-state index in [0.717, 1.165) is 0 Å². The number of amides is 1. The van der Waals surface area contributed by atoms with Gasteiger partial charge in [-0.3, -0.25) is 4.79 Å². The van der Waals surface area contributed by atoms with Gasteiger partial charge in [0.1, 0.15) is 5.82 Å². The second-order valence-electron chi connectivity index (χ2n) is 2.45. The predicted molar refractivity (Wildman–Crippen MR) is 48.7 cm³/mol. The molecule has 5 N–H and O–H groups in total. The van der Waals surface area contributed by atoms with Gasteiger partial charge in [-0.1, -0.05) is 0 Å². The van der Waals surface area contributed by atoms with E-state index in [4.69, 9.17) is 11.5 Å². The van der Waals surface area contributed by atoms with Gasteiger partial charge in [0.05, 0.1) is 0 Å². The van der Waals surface area contributed by atoms with Crippen LogP contribution in [0, 0.1) is 0 Å². The van der Waals surface area contributed by atoms with Crippen molar-refractivity contribution in [3.8, 4) is 0 Å². The fourth-order valence-electron chi connectivity index (χ4n) is 0.755. The van der Waals surface area contributed by atoms with Gasteiger partial charge in [-0.25, -0.2) is 4.98 Å². The third kappa shape index (κ3) is 3.37. The van der Waals surface area contributed by atoms with Crippen molar-refractivity contribution < 1.29 is 4.79 Å². The van der Waals surface area contributed by atoms with Gasteiger partial charge in [0.2, 0.25) is 11.9 Å². The molecule has 0 fully saturated rings. The maximum absolute atomic E-state index is 10.4. The number of hydrogen-bond acceptors (Lipinski definition) is 5. The molecule has 1 rings (SSSR count). The van der Waals surface area contributed by atoms with Gasteiger partial charge in [-0.05, 0) is 6.07 Å². The Hall–Kier alpha value is -1.85. The molecular formula is C7H11N5O. The molecule has 0 saturated heterocycles. The molecule has 0 aliphatic carbocycles. The van der Waals surface area contributed by atoms with E-state index in [9.17, 15) is 4.79 Å². The zero-order valence-corrected chi connectivity index (χ0v) is 7.03. The van der Waals surface area contributed by atoms with Gasteiger partial charge < -0.3 is 16.8 Å². The van der Waals surface area contributed by atoms with E-state index < -0.39 is 0 Å². The van der Waals surface area contributed by atoms with Crippen LogP contribution in [0.1, 0.15) is 6.42 Å². The van der Waals surface area contributed by atoms with Gasteiger partial charge in [0, 0.05) is 19.2 Å². The summed E-state index contributed by atoms with van der Waals surface area (Å²) in [5.74, 6) is 0.425. The molecule has 0 aliphatic rings. The summed E-state index contributed by atoms with van der Waals surface area (Å²) in [5, 5.41) is 2.81. The molecule has 1 amide bonds. The number of nitrogens with zero attached hydrogens (tertiary/aromatic N) is 2. The summed E-state index contributed by atoms with van der Waals surface area (Å²) >= 11 is 0. The number of nitrogen functional groups attached to an aromatic ring is 1. The molecule has 0 unspecified atom stereocenters. The largest absolute Gasteiger partial charge is 0.384 e. The highest BCUT2D eigenvalue weighted by molar-refractivity contribution is 5.74. The van der Waals surface area contributed by atoms with Gasteiger partial charge >= 0.3 is 0 Å². The van der Waals surface area contributed by atoms with Gasteiger partial charge in [-0.15, -0.1) is 0 Å². The van der Waals surface area contributed by atoms with Gasteiger partial charge in [-0.2, -0.15) is 4.98 Å². The minimum Gasteiger partial charge on any atom is -0.384 e. The number of anilines is 2. The molecule has 1 aromatic rings.